The summed E-state index contributed by atoms with van der Waals surface area (Å²) in [5.74, 6) is 0.398. The molecule has 0 unspecified atom stereocenters. The van der Waals surface area contributed by atoms with Crippen LogP contribution in [0, 0.1) is 5.92 Å². The third-order valence-electron chi connectivity index (χ3n) is 3.63. The zero-order chi connectivity index (χ0) is 13.1. The van der Waals surface area contributed by atoms with E-state index < -0.39 is 0 Å². The van der Waals surface area contributed by atoms with Gasteiger partial charge in [-0.2, -0.15) is 0 Å². The number of aliphatic hydroxyl groups is 1. The number of carbonyl (C=O) groups excluding carboxylic acids is 1. The largest absolute Gasteiger partial charge is 0.397 e. The first-order chi connectivity index (χ1) is 8.56. The lowest BCUT2D eigenvalue weighted by atomic mass is 9.87. The number of nitrogens with two attached hydrogens (primary N) is 1. The third kappa shape index (κ3) is 3.04. The lowest BCUT2D eigenvalue weighted by molar-refractivity contribution is 0.0903. The van der Waals surface area contributed by atoms with Crippen LogP contribution in [0.15, 0.2) is 12.3 Å². The zero-order valence-corrected chi connectivity index (χ0v) is 10.7. The number of aryl methyl sites for hydroxylation is 1. The second kappa shape index (κ2) is 5.44. The van der Waals surface area contributed by atoms with Crippen molar-refractivity contribution < 1.29 is 9.90 Å². The number of amides is 1. The molecule has 1 aliphatic carbocycles. The van der Waals surface area contributed by atoms with E-state index in [9.17, 15) is 9.90 Å². The minimum Gasteiger partial charge on any atom is -0.397 e. The van der Waals surface area contributed by atoms with E-state index in [1.165, 1.54) is 0 Å². The summed E-state index contributed by atoms with van der Waals surface area (Å²) >= 11 is 0. The molecule has 2 rings (SSSR count). The molecule has 100 valence electrons. The molecule has 1 aromatic heterocycles. The topological polar surface area (TPSA) is 80.3 Å². The van der Waals surface area contributed by atoms with Gasteiger partial charge in [0, 0.05) is 19.8 Å². The van der Waals surface area contributed by atoms with E-state index in [-0.39, 0.29) is 12.0 Å². The van der Waals surface area contributed by atoms with Crippen molar-refractivity contribution in [2.24, 2.45) is 13.0 Å². The van der Waals surface area contributed by atoms with Gasteiger partial charge in [-0.05, 0) is 37.7 Å². The van der Waals surface area contributed by atoms with Crippen LogP contribution in [0.2, 0.25) is 0 Å². The van der Waals surface area contributed by atoms with Crippen LogP contribution in [0.25, 0.3) is 0 Å². The molecule has 1 saturated carbocycles. The maximum Gasteiger partial charge on any atom is 0.267 e. The van der Waals surface area contributed by atoms with Gasteiger partial charge in [-0.25, -0.2) is 0 Å². The highest BCUT2D eigenvalue weighted by molar-refractivity contribution is 5.93. The zero-order valence-electron chi connectivity index (χ0n) is 10.7. The highest BCUT2D eigenvalue weighted by Crippen LogP contribution is 2.23. The van der Waals surface area contributed by atoms with Gasteiger partial charge in [0.15, 0.2) is 0 Å². The Kier molecular flexibility index (Phi) is 3.91. The van der Waals surface area contributed by atoms with Gasteiger partial charge in [-0.1, -0.05) is 0 Å². The Morgan fingerprint density at radius 1 is 1.50 bits per heavy atom. The molecule has 4 N–H and O–H groups in total. The number of nitrogens with zero attached hydrogens (tertiary/aromatic N) is 1. The number of rotatable bonds is 3. The van der Waals surface area contributed by atoms with E-state index in [2.05, 4.69) is 5.32 Å². The fraction of sp³-hybridized carbons (Fsp3) is 0.615. The predicted octanol–water partition coefficient (Wildman–Crippen LogP) is 0.888. The fourth-order valence-electron chi connectivity index (χ4n) is 2.49. The van der Waals surface area contributed by atoms with Crippen molar-refractivity contribution in [1.29, 1.82) is 0 Å². The van der Waals surface area contributed by atoms with Gasteiger partial charge in [0.2, 0.25) is 0 Å². The number of nitrogens with one attached hydrogen (secondary N) is 1. The molecular formula is C13H21N3O2. The van der Waals surface area contributed by atoms with Crippen molar-refractivity contribution in [2.75, 3.05) is 12.3 Å². The van der Waals surface area contributed by atoms with Crippen LogP contribution in [0.3, 0.4) is 0 Å². The SMILES string of the molecule is Cn1cc(N)cc1C(=O)NCC1CCC(O)CC1. The van der Waals surface area contributed by atoms with Crippen molar-refractivity contribution in [3.63, 3.8) is 0 Å². The Morgan fingerprint density at radius 2 is 2.17 bits per heavy atom. The van der Waals surface area contributed by atoms with Crippen LogP contribution in [0.5, 0.6) is 0 Å². The predicted molar refractivity (Wildman–Crippen MR) is 70.1 cm³/mol. The van der Waals surface area contributed by atoms with Gasteiger partial charge < -0.3 is 20.7 Å². The molecule has 0 saturated heterocycles. The molecule has 1 aromatic rings. The summed E-state index contributed by atoms with van der Waals surface area (Å²) < 4.78 is 1.73. The Balaban J connectivity index is 1.83. The highest BCUT2D eigenvalue weighted by Gasteiger charge is 2.20. The lowest BCUT2D eigenvalue weighted by Gasteiger charge is -2.25. The van der Waals surface area contributed by atoms with Gasteiger partial charge in [0.05, 0.1) is 11.8 Å². The standard InChI is InChI=1S/C13H21N3O2/c1-16-8-10(14)6-12(16)13(18)15-7-9-2-4-11(17)5-3-9/h6,8-9,11,17H,2-5,7,14H2,1H3,(H,15,18). The average Bonchev–Trinajstić information content (AvgIpc) is 2.67. The summed E-state index contributed by atoms with van der Waals surface area (Å²) in [5.41, 5.74) is 6.83. The van der Waals surface area contributed by atoms with E-state index in [1.807, 2.05) is 7.05 Å². The summed E-state index contributed by atoms with van der Waals surface area (Å²) in [6.07, 6.45) is 5.24. The maximum absolute atomic E-state index is 11.9. The van der Waals surface area contributed by atoms with Crippen LogP contribution in [-0.2, 0) is 7.05 Å². The number of hydrogen-bond acceptors (Lipinski definition) is 3. The summed E-state index contributed by atoms with van der Waals surface area (Å²) in [4.78, 5) is 11.9. The van der Waals surface area contributed by atoms with Crippen molar-refractivity contribution in [3.05, 3.63) is 18.0 Å². The van der Waals surface area contributed by atoms with Gasteiger partial charge in [-0.15, -0.1) is 0 Å². The molecule has 0 aromatic carbocycles. The number of aliphatic hydroxyl groups excluding tert-OH is 1. The normalized spacial score (nSPS) is 23.9. The lowest BCUT2D eigenvalue weighted by Crippen LogP contribution is -2.32. The minimum absolute atomic E-state index is 0.0830. The molecule has 1 amide bonds. The van der Waals surface area contributed by atoms with E-state index in [0.717, 1.165) is 25.7 Å². The van der Waals surface area contributed by atoms with E-state index in [4.69, 9.17) is 5.73 Å². The number of nitrogen functional groups attached to an aromatic ring is 1. The second-order valence-corrected chi connectivity index (χ2v) is 5.15. The molecule has 18 heavy (non-hydrogen) atoms. The van der Waals surface area contributed by atoms with Crippen LogP contribution in [-0.4, -0.2) is 28.2 Å². The summed E-state index contributed by atoms with van der Waals surface area (Å²) in [7, 11) is 1.81. The number of carbonyl (C=O) groups is 1. The van der Waals surface area contributed by atoms with Crippen molar-refractivity contribution >= 4 is 11.6 Å². The van der Waals surface area contributed by atoms with Gasteiger partial charge in [0.25, 0.3) is 5.91 Å². The molecule has 1 aliphatic rings. The average molecular weight is 251 g/mol. The van der Waals surface area contributed by atoms with Crippen LogP contribution >= 0.6 is 0 Å². The number of aromatic nitrogens is 1. The molecule has 0 spiro atoms. The first-order valence-corrected chi connectivity index (χ1v) is 6.44. The van der Waals surface area contributed by atoms with Gasteiger partial charge >= 0.3 is 0 Å². The van der Waals surface area contributed by atoms with Gasteiger partial charge in [0.1, 0.15) is 5.69 Å². The second-order valence-electron chi connectivity index (χ2n) is 5.15. The minimum atomic E-state index is -0.148. The molecule has 5 nitrogen and oxygen atoms in total. The Labute approximate surface area is 107 Å². The smallest absolute Gasteiger partial charge is 0.267 e. The van der Waals surface area contributed by atoms with E-state index >= 15 is 0 Å². The van der Waals surface area contributed by atoms with Crippen LogP contribution < -0.4 is 11.1 Å². The molecule has 5 heteroatoms. The quantitative estimate of drug-likeness (QED) is 0.746. The Hall–Kier alpha value is -1.49. The monoisotopic (exact) mass is 251 g/mol. The van der Waals surface area contributed by atoms with Crippen LogP contribution in [0.1, 0.15) is 36.2 Å². The molecule has 0 radical (unpaired) electrons. The molecule has 0 atom stereocenters. The third-order valence-corrected chi connectivity index (χ3v) is 3.63. The van der Waals surface area contributed by atoms with E-state index in [1.54, 1.807) is 16.8 Å². The highest BCUT2D eigenvalue weighted by atomic mass is 16.3. The summed E-state index contributed by atoms with van der Waals surface area (Å²) in [6, 6.07) is 1.68. The van der Waals surface area contributed by atoms with Crippen molar-refractivity contribution in [2.45, 2.75) is 31.8 Å². The molecule has 0 bridgehead atoms. The molecule has 0 aliphatic heterocycles. The number of hydrogen-bond donors (Lipinski definition) is 3. The molecule has 1 heterocycles. The van der Waals surface area contributed by atoms with Crippen molar-refractivity contribution in [3.8, 4) is 0 Å². The Morgan fingerprint density at radius 3 is 2.72 bits per heavy atom. The molecule has 1 fully saturated rings. The summed E-state index contributed by atoms with van der Waals surface area (Å²) in [5, 5.41) is 12.4. The molecular weight excluding hydrogens is 230 g/mol. The Bertz CT molecular complexity index is 420. The van der Waals surface area contributed by atoms with Crippen LogP contribution in [0.4, 0.5) is 5.69 Å². The van der Waals surface area contributed by atoms with E-state index in [0.29, 0.717) is 23.8 Å². The maximum atomic E-state index is 11.9. The van der Waals surface area contributed by atoms with Gasteiger partial charge in [-0.3, -0.25) is 4.79 Å². The first kappa shape index (κ1) is 13.0. The number of anilines is 1. The fourth-order valence-corrected chi connectivity index (χ4v) is 2.49. The first-order valence-electron chi connectivity index (χ1n) is 6.44. The van der Waals surface area contributed by atoms with Crippen molar-refractivity contribution in [1.82, 2.24) is 9.88 Å². The summed E-state index contributed by atoms with van der Waals surface area (Å²) in [6.45, 7) is 0.677.